The van der Waals surface area contributed by atoms with Crippen LogP contribution in [0.4, 0.5) is 11.6 Å². The summed E-state index contributed by atoms with van der Waals surface area (Å²) in [5, 5.41) is 11.5. The van der Waals surface area contributed by atoms with Gasteiger partial charge >= 0.3 is 0 Å². The number of anilines is 2. The molecule has 0 bridgehead atoms. The number of rotatable bonds is 2. The molecular weight excluding hydrogens is 308 g/mol. The summed E-state index contributed by atoms with van der Waals surface area (Å²) in [5.41, 5.74) is 0.827. The Bertz CT molecular complexity index is 806. The molecule has 0 unspecified atom stereocenters. The van der Waals surface area contributed by atoms with E-state index in [0.717, 1.165) is 15.6 Å². The van der Waals surface area contributed by atoms with Crippen molar-refractivity contribution in [2.24, 2.45) is 0 Å². The monoisotopic (exact) mass is 318 g/mol. The predicted molar refractivity (Wildman–Crippen MR) is 78.9 cm³/mol. The molecular formula is C13H11BrN4O. The highest BCUT2D eigenvalue weighted by Gasteiger charge is 2.04. The van der Waals surface area contributed by atoms with Gasteiger partial charge in [0.25, 0.3) is 5.56 Å². The van der Waals surface area contributed by atoms with Crippen molar-refractivity contribution in [2.75, 3.05) is 5.32 Å². The number of hydrogen-bond acceptors (Lipinski definition) is 3. The second-order valence-corrected chi connectivity index (χ2v) is 5.22. The molecule has 0 atom stereocenters. The molecule has 0 saturated carbocycles. The first-order chi connectivity index (χ1) is 9.11. The van der Waals surface area contributed by atoms with E-state index in [9.17, 15) is 4.79 Å². The maximum Gasteiger partial charge on any atom is 0.257 e. The van der Waals surface area contributed by atoms with Gasteiger partial charge in [-0.1, -0.05) is 15.9 Å². The SMILES string of the molecule is Cc1cc(Nc2cc3cc(Br)ccc3c(=O)[nH]2)n[nH]1. The van der Waals surface area contributed by atoms with Crippen molar-refractivity contribution in [1.29, 1.82) is 0 Å². The Kier molecular flexibility index (Phi) is 2.87. The molecule has 2 heterocycles. The highest BCUT2D eigenvalue weighted by atomic mass is 79.9. The van der Waals surface area contributed by atoms with Crippen LogP contribution in [0.25, 0.3) is 10.8 Å². The van der Waals surface area contributed by atoms with Crippen molar-refractivity contribution < 1.29 is 0 Å². The predicted octanol–water partition coefficient (Wildman–Crippen LogP) is 3.07. The van der Waals surface area contributed by atoms with Gasteiger partial charge in [0.1, 0.15) is 5.82 Å². The maximum atomic E-state index is 12.0. The topological polar surface area (TPSA) is 73.6 Å². The summed E-state index contributed by atoms with van der Waals surface area (Å²) in [4.78, 5) is 14.8. The molecule has 19 heavy (non-hydrogen) atoms. The molecule has 0 aliphatic carbocycles. The Morgan fingerprint density at radius 2 is 2.11 bits per heavy atom. The number of nitrogens with one attached hydrogen (secondary N) is 3. The third-order valence-corrected chi connectivity index (χ3v) is 3.27. The van der Waals surface area contributed by atoms with Crippen LogP contribution < -0.4 is 10.9 Å². The van der Waals surface area contributed by atoms with Crippen LogP contribution >= 0.6 is 15.9 Å². The van der Waals surface area contributed by atoms with Crippen LogP contribution in [0, 0.1) is 6.92 Å². The van der Waals surface area contributed by atoms with Gasteiger partial charge in [-0.15, -0.1) is 0 Å². The smallest absolute Gasteiger partial charge is 0.257 e. The summed E-state index contributed by atoms with van der Waals surface area (Å²) >= 11 is 3.40. The molecule has 3 N–H and O–H groups in total. The van der Waals surface area contributed by atoms with Crippen LogP contribution in [0.3, 0.4) is 0 Å². The van der Waals surface area contributed by atoms with Gasteiger partial charge in [-0.25, -0.2) is 0 Å². The molecule has 96 valence electrons. The minimum absolute atomic E-state index is 0.125. The van der Waals surface area contributed by atoms with Crippen LogP contribution in [-0.4, -0.2) is 15.2 Å². The van der Waals surface area contributed by atoms with E-state index < -0.39 is 0 Å². The highest BCUT2D eigenvalue weighted by Crippen LogP contribution is 2.20. The summed E-state index contributed by atoms with van der Waals surface area (Å²) in [7, 11) is 0. The van der Waals surface area contributed by atoms with Gasteiger partial charge in [0.2, 0.25) is 0 Å². The molecule has 0 saturated heterocycles. The molecule has 3 aromatic rings. The Morgan fingerprint density at radius 3 is 2.84 bits per heavy atom. The lowest BCUT2D eigenvalue weighted by molar-refractivity contribution is 1.05. The molecule has 0 amide bonds. The summed E-state index contributed by atoms with van der Waals surface area (Å²) in [6, 6.07) is 9.29. The number of benzene rings is 1. The van der Waals surface area contributed by atoms with Crippen molar-refractivity contribution in [3.63, 3.8) is 0 Å². The number of aromatic nitrogens is 3. The number of H-pyrrole nitrogens is 2. The number of pyridine rings is 1. The molecule has 0 radical (unpaired) electrons. The van der Waals surface area contributed by atoms with E-state index in [1.54, 1.807) is 6.07 Å². The van der Waals surface area contributed by atoms with Gasteiger partial charge in [0.05, 0.1) is 0 Å². The lowest BCUT2D eigenvalue weighted by Crippen LogP contribution is -2.08. The molecule has 5 nitrogen and oxygen atoms in total. The van der Waals surface area contributed by atoms with Crippen LogP contribution in [0.2, 0.25) is 0 Å². The number of fused-ring (bicyclic) bond motifs is 1. The molecule has 2 aromatic heterocycles. The largest absolute Gasteiger partial charge is 0.325 e. The van der Waals surface area contributed by atoms with Crippen LogP contribution in [0.1, 0.15) is 5.69 Å². The minimum Gasteiger partial charge on any atom is -0.325 e. The zero-order chi connectivity index (χ0) is 13.4. The summed E-state index contributed by atoms with van der Waals surface area (Å²) < 4.78 is 0.937. The maximum absolute atomic E-state index is 12.0. The van der Waals surface area contributed by atoms with Gasteiger partial charge in [-0.05, 0) is 36.6 Å². The Balaban J connectivity index is 2.07. The average molecular weight is 319 g/mol. The van der Waals surface area contributed by atoms with Crippen LogP contribution in [0.15, 0.2) is 39.6 Å². The zero-order valence-electron chi connectivity index (χ0n) is 10.1. The van der Waals surface area contributed by atoms with E-state index in [0.29, 0.717) is 17.0 Å². The summed E-state index contributed by atoms with van der Waals surface area (Å²) in [5.74, 6) is 1.28. The van der Waals surface area contributed by atoms with E-state index in [1.807, 2.05) is 31.2 Å². The molecule has 6 heteroatoms. The van der Waals surface area contributed by atoms with Gasteiger partial charge < -0.3 is 10.3 Å². The number of nitrogens with zero attached hydrogens (tertiary/aromatic N) is 1. The van der Waals surface area contributed by atoms with Gasteiger partial charge in [0, 0.05) is 21.6 Å². The van der Waals surface area contributed by atoms with Crippen molar-refractivity contribution in [1.82, 2.24) is 15.2 Å². The first kappa shape index (κ1) is 12.0. The van der Waals surface area contributed by atoms with Gasteiger partial charge in [-0.3, -0.25) is 9.89 Å². The Hall–Kier alpha value is -2.08. The first-order valence-electron chi connectivity index (χ1n) is 5.73. The standard InChI is InChI=1S/C13H11BrN4O/c1-7-4-12(18-17-7)15-11-6-8-5-9(14)2-3-10(8)13(19)16-11/h2-6H,1H3,(H3,15,16,17,18,19). The fourth-order valence-corrected chi connectivity index (χ4v) is 2.31. The molecule has 3 rings (SSSR count). The lowest BCUT2D eigenvalue weighted by Gasteiger charge is -2.04. The Morgan fingerprint density at radius 1 is 1.26 bits per heavy atom. The van der Waals surface area contributed by atoms with E-state index in [2.05, 4.69) is 36.4 Å². The van der Waals surface area contributed by atoms with E-state index >= 15 is 0 Å². The molecule has 1 aromatic carbocycles. The summed E-state index contributed by atoms with van der Waals surface area (Å²) in [6.07, 6.45) is 0. The van der Waals surface area contributed by atoms with Crippen LogP contribution in [0.5, 0.6) is 0 Å². The van der Waals surface area contributed by atoms with E-state index in [-0.39, 0.29) is 5.56 Å². The quantitative estimate of drug-likeness (QED) is 0.680. The molecule has 0 aliphatic heterocycles. The summed E-state index contributed by atoms with van der Waals surface area (Å²) in [6.45, 7) is 1.92. The fourth-order valence-electron chi connectivity index (χ4n) is 1.93. The van der Waals surface area contributed by atoms with E-state index in [1.165, 1.54) is 0 Å². The second kappa shape index (κ2) is 4.55. The van der Waals surface area contributed by atoms with Crippen molar-refractivity contribution in [2.45, 2.75) is 6.92 Å². The third kappa shape index (κ3) is 2.39. The second-order valence-electron chi connectivity index (χ2n) is 4.30. The third-order valence-electron chi connectivity index (χ3n) is 2.77. The molecule has 0 fully saturated rings. The van der Waals surface area contributed by atoms with Crippen molar-refractivity contribution in [3.8, 4) is 0 Å². The van der Waals surface area contributed by atoms with Crippen LogP contribution in [-0.2, 0) is 0 Å². The van der Waals surface area contributed by atoms with Crippen molar-refractivity contribution >= 4 is 38.3 Å². The molecule has 0 aliphatic rings. The van der Waals surface area contributed by atoms with Crippen molar-refractivity contribution in [3.05, 3.63) is 50.9 Å². The average Bonchev–Trinajstić information content (AvgIpc) is 2.74. The highest BCUT2D eigenvalue weighted by molar-refractivity contribution is 9.10. The lowest BCUT2D eigenvalue weighted by atomic mass is 10.2. The zero-order valence-corrected chi connectivity index (χ0v) is 11.7. The minimum atomic E-state index is -0.125. The van der Waals surface area contributed by atoms with Gasteiger partial charge in [0.15, 0.2) is 5.82 Å². The van der Waals surface area contributed by atoms with E-state index in [4.69, 9.17) is 0 Å². The fraction of sp³-hybridized carbons (Fsp3) is 0.0769. The number of aryl methyl sites for hydroxylation is 1. The number of halogens is 1. The number of hydrogen-bond donors (Lipinski definition) is 3. The normalized spacial score (nSPS) is 10.8. The van der Waals surface area contributed by atoms with Gasteiger partial charge in [-0.2, -0.15) is 5.10 Å². The molecule has 0 spiro atoms. The number of aromatic amines is 2. The Labute approximate surface area is 117 Å². The first-order valence-corrected chi connectivity index (χ1v) is 6.53.